The number of aryl methyl sites for hydroxylation is 1. The molecule has 2 nitrogen and oxygen atoms in total. The molecule has 0 saturated heterocycles. The Hall–Kier alpha value is -1.09. The van der Waals surface area contributed by atoms with Gasteiger partial charge in [-0.05, 0) is 50.8 Å². The molecule has 1 N–H and O–H groups in total. The van der Waals surface area contributed by atoms with Crippen LogP contribution in [0.1, 0.15) is 44.6 Å². The predicted molar refractivity (Wildman–Crippen MR) is 80.6 cm³/mol. The average molecular weight is 279 g/mol. The van der Waals surface area contributed by atoms with Gasteiger partial charge >= 0.3 is 0 Å². The van der Waals surface area contributed by atoms with Gasteiger partial charge in [0.15, 0.2) is 11.6 Å². The standard InChI is InChI=1S/C17H26FNO/c1-4-6-13-9-10-14(19-3)16(11-13)20-15-8-5-7-12(2)17(15)18/h5,7-8,13-14,16,19H,4,6,9-11H2,1-3H3. The van der Waals surface area contributed by atoms with Gasteiger partial charge in [0.2, 0.25) is 0 Å². The van der Waals surface area contributed by atoms with E-state index in [4.69, 9.17) is 4.74 Å². The van der Waals surface area contributed by atoms with E-state index in [-0.39, 0.29) is 11.9 Å². The third-order valence-corrected chi connectivity index (χ3v) is 4.40. The van der Waals surface area contributed by atoms with Gasteiger partial charge in [-0.25, -0.2) is 4.39 Å². The van der Waals surface area contributed by atoms with Crippen molar-refractivity contribution in [3.8, 4) is 5.75 Å². The number of hydrogen-bond acceptors (Lipinski definition) is 2. The molecule has 1 aromatic rings. The van der Waals surface area contributed by atoms with Crippen molar-refractivity contribution in [2.75, 3.05) is 7.05 Å². The fourth-order valence-electron chi connectivity index (χ4n) is 3.22. The van der Waals surface area contributed by atoms with E-state index in [0.29, 0.717) is 23.3 Å². The highest BCUT2D eigenvalue weighted by atomic mass is 19.1. The topological polar surface area (TPSA) is 21.3 Å². The first-order valence-corrected chi connectivity index (χ1v) is 7.74. The summed E-state index contributed by atoms with van der Waals surface area (Å²) < 4.78 is 20.1. The molecule has 20 heavy (non-hydrogen) atoms. The fourth-order valence-corrected chi connectivity index (χ4v) is 3.22. The number of nitrogens with one attached hydrogen (secondary N) is 1. The summed E-state index contributed by atoms with van der Waals surface area (Å²) >= 11 is 0. The second kappa shape index (κ2) is 7.07. The number of halogens is 1. The van der Waals surface area contributed by atoms with Crippen LogP contribution in [0.25, 0.3) is 0 Å². The molecule has 0 spiro atoms. The maximum atomic E-state index is 14.1. The van der Waals surface area contributed by atoms with E-state index in [1.54, 1.807) is 19.1 Å². The molecule has 1 fully saturated rings. The van der Waals surface area contributed by atoms with Crippen LogP contribution in [0, 0.1) is 18.7 Å². The van der Waals surface area contributed by atoms with Gasteiger partial charge in [-0.1, -0.05) is 31.9 Å². The normalized spacial score (nSPS) is 26.5. The zero-order valence-electron chi connectivity index (χ0n) is 12.8. The monoisotopic (exact) mass is 279 g/mol. The van der Waals surface area contributed by atoms with Crippen LogP contribution >= 0.6 is 0 Å². The minimum Gasteiger partial charge on any atom is -0.486 e. The van der Waals surface area contributed by atoms with Crippen molar-refractivity contribution in [3.63, 3.8) is 0 Å². The molecule has 0 heterocycles. The molecule has 0 aliphatic heterocycles. The molecule has 3 atom stereocenters. The average Bonchev–Trinajstić information content (AvgIpc) is 2.45. The summed E-state index contributed by atoms with van der Waals surface area (Å²) in [5.74, 6) is 0.884. The first kappa shape index (κ1) is 15.3. The maximum Gasteiger partial charge on any atom is 0.167 e. The molecule has 3 unspecified atom stereocenters. The highest BCUT2D eigenvalue weighted by Gasteiger charge is 2.31. The molecule has 1 aromatic carbocycles. The zero-order valence-corrected chi connectivity index (χ0v) is 12.8. The van der Waals surface area contributed by atoms with Crippen molar-refractivity contribution in [2.24, 2.45) is 5.92 Å². The summed E-state index contributed by atoms with van der Waals surface area (Å²) in [6.45, 7) is 4.00. The fraction of sp³-hybridized carbons (Fsp3) is 0.647. The van der Waals surface area contributed by atoms with Gasteiger partial charge in [0.05, 0.1) is 0 Å². The summed E-state index contributed by atoms with van der Waals surface area (Å²) in [4.78, 5) is 0. The molecule has 0 radical (unpaired) electrons. The molecule has 0 amide bonds. The number of hydrogen-bond donors (Lipinski definition) is 1. The second-order valence-corrected chi connectivity index (χ2v) is 5.91. The Morgan fingerprint density at radius 1 is 1.35 bits per heavy atom. The lowest BCUT2D eigenvalue weighted by molar-refractivity contribution is 0.0828. The lowest BCUT2D eigenvalue weighted by atomic mass is 9.81. The first-order chi connectivity index (χ1) is 9.65. The highest BCUT2D eigenvalue weighted by Crippen LogP contribution is 2.32. The largest absolute Gasteiger partial charge is 0.486 e. The first-order valence-electron chi connectivity index (χ1n) is 7.74. The number of rotatable bonds is 5. The summed E-state index contributed by atoms with van der Waals surface area (Å²) in [6.07, 6.45) is 5.90. The minimum atomic E-state index is -0.222. The molecule has 3 heteroatoms. The van der Waals surface area contributed by atoms with Crippen molar-refractivity contribution in [2.45, 2.75) is 58.1 Å². The van der Waals surface area contributed by atoms with Crippen LogP contribution in [0.4, 0.5) is 4.39 Å². The van der Waals surface area contributed by atoms with E-state index in [2.05, 4.69) is 12.2 Å². The van der Waals surface area contributed by atoms with Crippen LogP contribution < -0.4 is 10.1 Å². The SMILES string of the molecule is CCCC1CCC(NC)C(Oc2cccc(C)c2F)C1. The molecule has 2 rings (SSSR count). The summed E-state index contributed by atoms with van der Waals surface area (Å²) in [5, 5.41) is 3.32. The van der Waals surface area contributed by atoms with Crippen LogP contribution in [-0.4, -0.2) is 19.2 Å². The van der Waals surface area contributed by atoms with Crippen molar-refractivity contribution in [3.05, 3.63) is 29.6 Å². The van der Waals surface area contributed by atoms with Crippen LogP contribution in [0.15, 0.2) is 18.2 Å². The van der Waals surface area contributed by atoms with Crippen LogP contribution in [0.2, 0.25) is 0 Å². The molecule has 112 valence electrons. The molecular weight excluding hydrogens is 253 g/mol. The van der Waals surface area contributed by atoms with Gasteiger partial charge < -0.3 is 10.1 Å². The van der Waals surface area contributed by atoms with Gasteiger partial charge in [0.1, 0.15) is 6.10 Å². The molecule has 0 aromatic heterocycles. The summed E-state index contributed by atoms with van der Waals surface area (Å²) in [6, 6.07) is 5.69. The minimum absolute atomic E-state index is 0.0709. The lowest BCUT2D eigenvalue weighted by Crippen LogP contribution is -2.45. The zero-order chi connectivity index (χ0) is 14.5. The Labute approximate surface area is 121 Å². The second-order valence-electron chi connectivity index (χ2n) is 5.91. The van der Waals surface area contributed by atoms with E-state index >= 15 is 0 Å². The van der Waals surface area contributed by atoms with E-state index < -0.39 is 0 Å². The van der Waals surface area contributed by atoms with E-state index in [9.17, 15) is 4.39 Å². The van der Waals surface area contributed by atoms with Crippen LogP contribution in [-0.2, 0) is 0 Å². The maximum absolute atomic E-state index is 14.1. The Kier molecular flexibility index (Phi) is 5.41. The van der Waals surface area contributed by atoms with E-state index in [1.807, 2.05) is 13.1 Å². The van der Waals surface area contributed by atoms with Gasteiger partial charge in [0, 0.05) is 6.04 Å². The Bertz CT molecular complexity index is 435. The Morgan fingerprint density at radius 3 is 2.85 bits per heavy atom. The number of likely N-dealkylation sites (N-methyl/N-ethyl adjacent to an activating group) is 1. The van der Waals surface area contributed by atoms with Crippen molar-refractivity contribution >= 4 is 0 Å². The predicted octanol–water partition coefficient (Wildman–Crippen LogP) is 4.07. The van der Waals surface area contributed by atoms with Gasteiger partial charge in [-0.15, -0.1) is 0 Å². The Balaban J connectivity index is 2.09. The summed E-state index contributed by atoms with van der Waals surface area (Å²) in [5.41, 5.74) is 0.643. The Morgan fingerprint density at radius 2 is 2.15 bits per heavy atom. The molecule has 1 aliphatic rings. The van der Waals surface area contributed by atoms with Crippen molar-refractivity contribution in [1.29, 1.82) is 0 Å². The van der Waals surface area contributed by atoms with Crippen molar-refractivity contribution < 1.29 is 9.13 Å². The van der Waals surface area contributed by atoms with Crippen molar-refractivity contribution in [1.82, 2.24) is 5.32 Å². The highest BCUT2D eigenvalue weighted by molar-refractivity contribution is 5.30. The quantitative estimate of drug-likeness (QED) is 0.877. The number of ether oxygens (including phenoxy) is 1. The smallest absolute Gasteiger partial charge is 0.167 e. The molecule has 1 saturated carbocycles. The molecular formula is C17H26FNO. The van der Waals surface area contributed by atoms with Gasteiger partial charge in [0.25, 0.3) is 0 Å². The number of benzene rings is 1. The van der Waals surface area contributed by atoms with Gasteiger partial charge in [-0.3, -0.25) is 0 Å². The van der Waals surface area contributed by atoms with E-state index in [0.717, 1.165) is 12.8 Å². The molecule has 1 aliphatic carbocycles. The summed E-state index contributed by atoms with van der Waals surface area (Å²) in [7, 11) is 1.97. The van der Waals surface area contributed by atoms with Crippen LogP contribution in [0.5, 0.6) is 5.75 Å². The van der Waals surface area contributed by atoms with E-state index in [1.165, 1.54) is 19.3 Å². The lowest BCUT2D eigenvalue weighted by Gasteiger charge is -2.36. The van der Waals surface area contributed by atoms with Crippen LogP contribution in [0.3, 0.4) is 0 Å². The van der Waals surface area contributed by atoms with Gasteiger partial charge in [-0.2, -0.15) is 0 Å². The third-order valence-electron chi connectivity index (χ3n) is 4.40. The molecule has 0 bridgehead atoms. The third kappa shape index (κ3) is 3.51.